The van der Waals surface area contributed by atoms with Crippen molar-refractivity contribution in [2.75, 3.05) is 11.9 Å². The number of hydrogen-bond donors (Lipinski definition) is 2. The molecule has 1 rings (SSSR count). The van der Waals surface area contributed by atoms with Crippen LogP contribution < -0.4 is 11.1 Å². The van der Waals surface area contributed by atoms with Crippen LogP contribution in [0.3, 0.4) is 0 Å². The molecule has 6 heteroatoms. The van der Waals surface area contributed by atoms with E-state index in [4.69, 9.17) is 5.73 Å². The molecule has 16 heavy (non-hydrogen) atoms. The Bertz CT molecular complexity index is 341. The van der Waals surface area contributed by atoms with Crippen LogP contribution in [0.25, 0.3) is 0 Å². The number of rotatable bonds is 4. The molecule has 92 valence electrons. The molecule has 0 radical (unpaired) electrons. The minimum atomic E-state index is -0.170. The topological polar surface area (TPSA) is 68.0 Å². The molecule has 1 atom stereocenters. The summed E-state index contributed by atoms with van der Waals surface area (Å²) in [4.78, 5) is 15.8. The molecule has 1 heterocycles. The van der Waals surface area contributed by atoms with Crippen molar-refractivity contribution in [3.05, 3.63) is 11.1 Å². The Hall–Kier alpha value is -0.650. The molecule has 1 aromatic heterocycles. The molecular formula is C10H18ClN3OS. The van der Waals surface area contributed by atoms with E-state index in [9.17, 15) is 4.79 Å². The van der Waals surface area contributed by atoms with Gasteiger partial charge in [-0.2, -0.15) is 0 Å². The molecule has 0 fully saturated rings. The quantitative estimate of drug-likeness (QED) is 0.875. The molecule has 0 aromatic carbocycles. The lowest BCUT2D eigenvalue weighted by Gasteiger charge is -2.06. The zero-order valence-corrected chi connectivity index (χ0v) is 11.3. The van der Waals surface area contributed by atoms with E-state index in [1.807, 2.05) is 5.38 Å². The third kappa shape index (κ3) is 4.08. The molecule has 0 bridgehead atoms. The Morgan fingerprint density at radius 2 is 2.19 bits per heavy atom. The molecular weight excluding hydrogens is 246 g/mol. The van der Waals surface area contributed by atoms with Gasteiger partial charge in [-0.25, -0.2) is 4.98 Å². The van der Waals surface area contributed by atoms with E-state index in [1.54, 1.807) is 6.92 Å². The molecule has 0 saturated carbocycles. The van der Waals surface area contributed by atoms with Gasteiger partial charge in [0, 0.05) is 17.8 Å². The van der Waals surface area contributed by atoms with Crippen molar-refractivity contribution in [3.8, 4) is 0 Å². The first-order valence-corrected chi connectivity index (χ1v) is 5.89. The van der Waals surface area contributed by atoms with Crippen LogP contribution in [-0.2, 0) is 4.79 Å². The van der Waals surface area contributed by atoms with Crippen LogP contribution in [-0.4, -0.2) is 17.4 Å². The number of hydrogen-bond acceptors (Lipinski definition) is 4. The number of nitrogens with zero attached hydrogens (tertiary/aromatic N) is 1. The molecule has 4 nitrogen and oxygen atoms in total. The molecule has 3 N–H and O–H groups in total. The normalized spacial score (nSPS) is 12.1. The van der Waals surface area contributed by atoms with Gasteiger partial charge in [0.1, 0.15) is 0 Å². The highest BCUT2D eigenvalue weighted by molar-refractivity contribution is 7.13. The lowest BCUT2D eigenvalue weighted by Crippen LogP contribution is -2.26. The van der Waals surface area contributed by atoms with Crippen molar-refractivity contribution in [3.63, 3.8) is 0 Å². The predicted octanol–water partition coefficient (Wildman–Crippen LogP) is 2.22. The van der Waals surface area contributed by atoms with Gasteiger partial charge >= 0.3 is 0 Å². The summed E-state index contributed by atoms with van der Waals surface area (Å²) in [7, 11) is 0. The first-order chi connectivity index (χ1) is 7.04. The maximum atomic E-state index is 11.5. The van der Waals surface area contributed by atoms with E-state index in [0.717, 1.165) is 5.69 Å². The van der Waals surface area contributed by atoms with E-state index in [2.05, 4.69) is 24.1 Å². The van der Waals surface area contributed by atoms with Gasteiger partial charge in [-0.3, -0.25) is 4.79 Å². The molecule has 0 spiro atoms. The van der Waals surface area contributed by atoms with Gasteiger partial charge in [0.15, 0.2) is 5.13 Å². The van der Waals surface area contributed by atoms with Crippen LogP contribution in [0.15, 0.2) is 5.38 Å². The maximum Gasteiger partial charge on any atom is 0.230 e. The summed E-state index contributed by atoms with van der Waals surface area (Å²) in [5, 5.41) is 5.38. The molecule has 0 aliphatic heterocycles. The van der Waals surface area contributed by atoms with Crippen molar-refractivity contribution in [2.45, 2.75) is 26.7 Å². The fourth-order valence-electron chi connectivity index (χ4n) is 0.944. The second-order valence-corrected chi connectivity index (χ2v) is 4.72. The predicted molar refractivity (Wildman–Crippen MR) is 70.3 cm³/mol. The van der Waals surface area contributed by atoms with Gasteiger partial charge in [0.05, 0.1) is 5.69 Å². The lowest BCUT2D eigenvalue weighted by atomic mass is 10.2. The van der Waals surface area contributed by atoms with Crippen molar-refractivity contribution < 1.29 is 4.79 Å². The lowest BCUT2D eigenvalue weighted by molar-refractivity contribution is -0.119. The number of thiazole rings is 1. The number of nitrogens with one attached hydrogen (secondary N) is 1. The number of anilines is 1. The SMILES string of the molecule is CC(CN)C(=O)Nc1nc(C(C)C)cs1.Cl. The minimum absolute atomic E-state index is 0. The number of nitrogens with two attached hydrogens (primary N) is 1. The first kappa shape index (κ1) is 15.3. The minimum Gasteiger partial charge on any atom is -0.330 e. The zero-order chi connectivity index (χ0) is 11.4. The van der Waals surface area contributed by atoms with Crippen LogP contribution in [0.4, 0.5) is 5.13 Å². The largest absolute Gasteiger partial charge is 0.330 e. The van der Waals surface area contributed by atoms with E-state index in [0.29, 0.717) is 17.6 Å². The number of halogens is 1. The summed E-state index contributed by atoms with van der Waals surface area (Å²) in [6, 6.07) is 0. The molecule has 1 unspecified atom stereocenters. The average molecular weight is 264 g/mol. The van der Waals surface area contributed by atoms with Gasteiger partial charge in [0.25, 0.3) is 0 Å². The number of amides is 1. The Kier molecular flexibility index (Phi) is 6.55. The van der Waals surface area contributed by atoms with Crippen LogP contribution in [0.5, 0.6) is 0 Å². The van der Waals surface area contributed by atoms with Gasteiger partial charge in [0.2, 0.25) is 5.91 Å². The molecule has 0 saturated heterocycles. The van der Waals surface area contributed by atoms with Crippen LogP contribution in [0.2, 0.25) is 0 Å². The summed E-state index contributed by atoms with van der Waals surface area (Å²) in [5.41, 5.74) is 6.41. The third-order valence-electron chi connectivity index (χ3n) is 2.14. The van der Waals surface area contributed by atoms with Gasteiger partial charge in [-0.05, 0) is 5.92 Å². The Morgan fingerprint density at radius 1 is 1.56 bits per heavy atom. The summed E-state index contributed by atoms with van der Waals surface area (Å²) >= 11 is 1.45. The fourth-order valence-corrected chi connectivity index (χ4v) is 1.82. The highest BCUT2D eigenvalue weighted by Gasteiger charge is 2.13. The van der Waals surface area contributed by atoms with Gasteiger partial charge in [-0.1, -0.05) is 20.8 Å². The zero-order valence-electron chi connectivity index (χ0n) is 9.69. The average Bonchev–Trinajstić information content (AvgIpc) is 2.65. The highest BCUT2D eigenvalue weighted by Crippen LogP contribution is 2.21. The monoisotopic (exact) mass is 263 g/mol. The van der Waals surface area contributed by atoms with Crippen LogP contribution >= 0.6 is 23.7 Å². The Morgan fingerprint density at radius 3 is 2.62 bits per heavy atom. The van der Waals surface area contributed by atoms with Gasteiger partial charge < -0.3 is 11.1 Å². The molecule has 0 aliphatic carbocycles. The van der Waals surface area contributed by atoms with E-state index in [1.165, 1.54) is 11.3 Å². The van der Waals surface area contributed by atoms with Crippen molar-refractivity contribution in [1.82, 2.24) is 4.98 Å². The number of aromatic nitrogens is 1. The summed E-state index contributed by atoms with van der Waals surface area (Å²) < 4.78 is 0. The molecule has 0 aliphatic rings. The summed E-state index contributed by atoms with van der Waals surface area (Å²) in [5.74, 6) is 0.150. The summed E-state index contributed by atoms with van der Waals surface area (Å²) in [6.07, 6.45) is 0. The van der Waals surface area contributed by atoms with Crippen LogP contribution in [0, 0.1) is 5.92 Å². The Labute approximate surface area is 106 Å². The first-order valence-electron chi connectivity index (χ1n) is 5.01. The molecule has 1 amide bonds. The van der Waals surface area contributed by atoms with E-state index in [-0.39, 0.29) is 24.2 Å². The second-order valence-electron chi connectivity index (χ2n) is 3.86. The van der Waals surface area contributed by atoms with Crippen molar-refractivity contribution in [1.29, 1.82) is 0 Å². The molecule has 1 aromatic rings. The number of carbonyl (C=O) groups excluding carboxylic acids is 1. The van der Waals surface area contributed by atoms with Crippen molar-refractivity contribution in [2.24, 2.45) is 11.7 Å². The third-order valence-corrected chi connectivity index (χ3v) is 2.92. The second kappa shape index (κ2) is 6.83. The Balaban J connectivity index is 0.00000225. The fraction of sp³-hybridized carbons (Fsp3) is 0.600. The van der Waals surface area contributed by atoms with E-state index < -0.39 is 0 Å². The number of carbonyl (C=O) groups is 1. The summed E-state index contributed by atoms with van der Waals surface area (Å²) in [6.45, 7) is 6.30. The van der Waals surface area contributed by atoms with Crippen LogP contribution in [0.1, 0.15) is 32.4 Å². The van der Waals surface area contributed by atoms with E-state index >= 15 is 0 Å². The highest BCUT2D eigenvalue weighted by atomic mass is 35.5. The smallest absolute Gasteiger partial charge is 0.230 e. The maximum absolute atomic E-state index is 11.5. The van der Waals surface area contributed by atoms with Crippen molar-refractivity contribution >= 4 is 34.8 Å². The standard InChI is InChI=1S/C10H17N3OS.ClH/c1-6(2)8-5-15-10(12-8)13-9(14)7(3)4-11;/h5-7H,4,11H2,1-3H3,(H,12,13,14);1H. The van der Waals surface area contributed by atoms with Gasteiger partial charge in [-0.15, -0.1) is 23.7 Å².